The first-order valence-electron chi connectivity index (χ1n) is 5.31. The summed E-state index contributed by atoms with van der Waals surface area (Å²) in [4.78, 5) is 23.1. The van der Waals surface area contributed by atoms with Crippen molar-refractivity contribution < 1.29 is 27.5 Å². The normalized spacial score (nSPS) is 10.4. The maximum atomic E-state index is 13.6. The highest BCUT2D eigenvalue weighted by Crippen LogP contribution is 2.22. The van der Waals surface area contributed by atoms with E-state index >= 15 is 0 Å². The second kappa shape index (κ2) is 5.42. The number of rotatable bonds is 3. The Labute approximate surface area is 116 Å². The van der Waals surface area contributed by atoms with E-state index in [1.54, 1.807) is 0 Å². The Bertz CT molecular complexity index is 694. The molecule has 0 bridgehead atoms. The van der Waals surface area contributed by atoms with E-state index < -0.39 is 34.0 Å². The van der Waals surface area contributed by atoms with E-state index in [1.807, 2.05) is 0 Å². The Hall–Kier alpha value is -2.21. The molecule has 0 atom stereocenters. The zero-order valence-corrected chi connectivity index (χ0v) is 10.8. The maximum absolute atomic E-state index is 13.6. The fourth-order valence-electron chi connectivity index (χ4n) is 1.50. The molecule has 1 aromatic heterocycles. The lowest BCUT2D eigenvalue weighted by Gasteiger charge is -2.02. The largest absolute Gasteiger partial charge is 0.463 e. The third-order valence-electron chi connectivity index (χ3n) is 2.47. The Balaban J connectivity index is 2.39. The van der Waals surface area contributed by atoms with Crippen LogP contribution in [-0.2, 0) is 4.74 Å². The molecule has 1 aromatic carbocycles. The van der Waals surface area contributed by atoms with Gasteiger partial charge in [-0.1, -0.05) is 11.6 Å². The average Bonchev–Trinajstić information content (AvgIpc) is 2.91. The Morgan fingerprint density at radius 1 is 1.15 bits per heavy atom. The van der Waals surface area contributed by atoms with E-state index in [4.69, 9.17) is 16.0 Å². The molecule has 0 N–H and O–H groups in total. The molecule has 0 unspecified atom stereocenters. The van der Waals surface area contributed by atoms with Crippen LogP contribution in [0.4, 0.5) is 8.78 Å². The second-order valence-electron chi connectivity index (χ2n) is 3.73. The van der Waals surface area contributed by atoms with Crippen LogP contribution in [0.3, 0.4) is 0 Å². The SMILES string of the molecule is COC(=O)c1ccc(C(=O)c2cc(F)c(Cl)cc2F)o1. The first-order valence-corrected chi connectivity index (χ1v) is 5.69. The van der Waals surface area contributed by atoms with Crippen LogP contribution in [0.25, 0.3) is 0 Å². The molecule has 2 aromatic rings. The molecule has 0 aliphatic heterocycles. The van der Waals surface area contributed by atoms with Crippen LogP contribution in [0.5, 0.6) is 0 Å². The Morgan fingerprint density at radius 3 is 2.45 bits per heavy atom. The molecule has 0 saturated heterocycles. The number of carbonyl (C=O) groups is 2. The van der Waals surface area contributed by atoms with E-state index in [0.717, 1.165) is 7.11 Å². The summed E-state index contributed by atoms with van der Waals surface area (Å²) in [5.74, 6) is -4.15. The van der Waals surface area contributed by atoms with Gasteiger partial charge >= 0.3 is 5.97 Å². The van der Waals surface area contributed by atoms with Crippen molar-refractivity contribution in [2.24, 2.45) is 0 Å². The topological polar surface area (TPSA) is 56.5 Å². The van der Waals surface area contributed by atoms with Gasteiger partial charge in [-0.05, 0) is 24.3 Å². The number of hydrogen-bond acceptors (Lipinski definition) is 4. The number of esters is 1. The Kier molecular flexibility index (Phi) is 3.85. The molecule has 0 radical (unpaired) electrons. The summed E-state index contributed by atoms with van der Waals surface area (Å²) < 4.78 is 36.2. The summed E-state index contributed by atoms with van der Waals surface area (Å²) in [5, 5.41) is -0.436. The first kappa shape index (κ1) is 14.2. The van der Waals surface area contributed by atoms with Crippen molar-refractivity contribution in [2.45, 2.75) is 0 Å². The van der Waals surface area contributed by atoms with Gasteiger partial charge in [0.05, 0.1) is 17.7 Å². The maximum Gasteiger partial charge on any atom is 0.373 e. The number of benzene rings is 1. The molecule has 104 valence electrons. The lowest BCUT2D eigenvalue weighted by molar-refractivity contribution is 0.0563. The van der Waals surface area contributed by atoms with Gasteiger partial charge in [0.2, 0.25) is 11.5 Å². The molecule has 2 rings (SSSR count). The van der Waals surface area contributed by atoms with Crippen LogP contribution in [0, 0.1) is 11.6 Å². The molecule has 0 aliphatic carbocycles. The fraction of sp³-hybridized carbons (Fsp3) is 0.0769. The van der Waals surface area contributed by atoms with Crippen molar-refractivity contribution in [3.05, 3.63) is 58.0 Å². The third-order valence-corrected chi connectivity index (χ3v) is 2.76. The lowest BCUT2D eigenvalue weighted by atomic mass is 10.1. The molecule has 20 heavy (non-hydrogen) atoms. The Morgan fingerprint density at radius 2 is 1.80 bits per heavy atom. The zero-order valence-electron chi connectivity index (χ0n) is 10.1. The van der Waals surface area contributed by atoms with Gasteiger partial charge in [0, 0.05) is 0 Å². The molecule has 0 saturated carbocycles. The molecule has 1 heterocycles. The van der Waals surface area contributed by atoms with Gasteiger partial charge in [-0.3, -0.25) is 4.79 Å². The van der Waals surface area contributed by atoms with Crippen molar-refractivity contribution in [1.82, 2.24) is 0 Å². The summed E-state index contributed by atoms with van der Waals surface area (Å²) in [5.41, 5.74) is -0.544. The molecule has 0 aliphatic rings. The minimum Gasteiger partial charge on any atom is -0.463 e. The highest BCUT2D eigenvalue weighted by Gasteiger charge is 2.21. The summed E-state index contributed by atoms with van der Waals surface area (Å²) in [6.45, 7) is 0. The number of furan rings is 1. The van der Waals surface area contributed by atoms with Gasteiger partial charge in [-0.25, -0.2) is 13.6 Å². The number of carbonyl (C=O) groups excluding carboxylic acids is 2. The van der Waals surface area contributed by atoms with Crippen LogP contribution in [0.2, 0.25) is 5.02 Å². The number of ether oxygens (including phenoxy) is 1. The summed E-state index contributed by atoms with van der Waals surface area (Å²) in [6.07, 6.45) is 0. The smallest absolute Gasteiger partial charge is 0.373 e. The van der Waals surface area contributed by atoms with Gasteiger partial charge < -0.3 is 9.15 Å². The van der Waals surface area contributed by atoms with Crippen molar-refractivity contribution in [1.29, 1.82) is 0 Å². The summed E-state index contributed by atoms with van der Waals surface area (Å²) >= 11 is 5.39. The zero-order chi connectivity index (χ0) is 14.9. The van der Waals surface area contributed by atoms with Crippen LogP contribution in [0.15, 0.2) is 28.7 Å². The van der Waals surface area contributed by atoms with Crippen molar-refractivity contribution in [3.63, 3.8) is 0 Å². The van der Waals surface area contributed by atoms with Gasteiger partial charge in [0.1, 0.15) is 11.6 Å². The second-order valence-corrected chi connectivity index (χ2v) is 4.14. The quantitative estimate of drug-likeness (QED) is 0.496. The van der Waals surface area contributed by atoms with Crippen LogP contribution < -0.4 is 0 Å². The summed E-state index contributed by atoms with van der Waals surface area (Å²) in [6, 6.07) is 3.72. The number of methoxy groups -OCH3 is 1. The van der Waals surface area contributed by atoms with Crippen LogP contribution >= 0.6 is 11.6 Å². The van der Waals surface area contributed by atoms with E-state index in [0.29, 0.717) is 12.1 Å². The minimum absolute atomic E-state index is 0.217. The highest BCUT2D eigenvalue weighted by molar-refractivity contribution is 6.30. The monoisotopic (exact) mass is 300 g/mol. The molecule has 4 nitrogen and oxygen atoms in total. The fourth-order valence-corrected chi connectivity index (χ4v) is 1.65. The molecule has 7 heteroatoms. The number of ketones is 1. The van der Waals surface area contributed by atoms with Crippen molar-refractivity contribution in [2.75, 3.05) is 7.11 Å². The predicted molar refractivity (Wildman–Crippen MR) is 64.8 cm³/mol. The molecule has 0 amide bonds. The van der Waals surface area contributed by atoms with E-state index in [9.17, 15) is 18.4 Å². The third kappa shape index (κ3) is 2.55. The van der Waals surface area contributed by atoms with Gasteiger partial charge in [-0.15, -0.1) is 0 Å². The molecule has 0 fully saturated rings. The van der Waals surface area contributed by atoms with E-state index in [2.05, 4.69) is 4.74 Å². The van der Waals surface area contributed by atoms with Gasteiger partial charge in [0.15, 0.2) is 5.76 Å². The predicted octanol–water partition coefficient (Wildman–Crippen LogP) is 3.23. The molecule has 0 spiro atoms. The van der Waals surface area contributed by atoms with E-state index in [1.165, 1.54) is 12.1 Å². The van der Waals surface area contributed by atoms with Crippen LogP contribution in [-0.4, -0.2) is 18.9 Å². The molecular formula is C13H7ClF2O4. The average molecular weight is 301 g/mol. The first-order chi connectivity index (χ1) is 9.43. The number of halogens is 3. The van der Waals surface area contributed by atoms with Gasteiger partial charge in [0.25, 0.3) is 0 Å². The summed E-state index contributed by atoms with van der Waals surface area (Å²) in [7, 11) is 1.14. The van der Waals surface area contributed by atoms with Gasteiger partial charge in [-0.2, -0.15) is 0 Å². The highest BCUT2D eigenvalue weighted by atomic mass is 35.5. The number of hydrogen-bond donors (Lipinski definition) is 0. The standard InChI is InChI=1S/C13H7ClF2O4/c1-19-13(18)11-3-2-10(20-11)12(17)6-4-9(16)7(14)5-8(6)15/h2-5H,1H3. The van der Waals surface area contributed by atoms with Crippen molar-refractivity contribution in [3.8, 4) is 0 Å². The van der Waals surface area contributed by atoms with Crippen LogP contribution in [0.1, 0.15) is 26.7 Å². The van der Waals surface area contributed by atoms with Crippen molar-refractivity contribution >= 4 is 23.4 Å². The van der Waals surface area contributed by atoms with E-state index in [-0.39, 0.29) is 11.5 Å². The lowest BCUT2D eigenvalue weighted by Crippen LogP contribution is -2.05. The molecular weight excluding hydrogens is 294 g/mol. The minimum atomic E-state index is -0.989.